The SMILES string of the molecule is C1=C[C@@H]2c3ccccc3C=CC2c2ccc(-c3nc(-c4ccccc4)nc(-c4cc5oc6cc(-c7ccccc7)ccc6c5c5ccccc45)n3)cc21. The average Bonchev–Trinajstić information content (AvgIpc) is 3.61. The largest absolute Gasteiger partial charge is 0.456 e. The molecule has 7 aromatic carbocycles. The van der Waals surface area contributed by atoms with Gasteiger partial charge in [-0.1, -0.05) is 152 Å². The Morgan fingerprint density at radius 2 is 1.02 bits per heavy atom. The van der Waals surface area contributed by atoms with Crippen LogP contribution in [0.25, 0.3) is 90.2 Å². The van der Waals surface area contributed by atoms with E-state index in [2.05, 4.69) is 152 Å². The van der Waals surface area contributed by atoms with Crippen LogP contribution in [-0.4, -0.2) is 15.0 Å². The number of aromatic nitrogens is 3. The van der Waals surface area contributed by atoms with E-state index in [9.17, 15) is 0 Å². The van der Waals surface area contributed by atoms with Crippen molar-refractivity contribution >= 4 is 44.9 Å². The first-order valence-corrected chi connectivity index (χ1v) is 18.1. The quantitative estimate of drug-likeness (QED) is 0.186. The van der Waals surface area contributed by atoms with Gasteiger partial charge in [0.15, 0.2) is 17.5 Å². The highest BCUT2D eigenvalue weighted by Crippen LogP contribution is 2.46. The van der Waals surface area contributed by atoms with Gasteiger partial charge in [-0.05, 0) is 68.4 Å². The van der Waals surface area contributed by atoms with Gasteiger partial charge in [0.1, 0.15) is 11.2 Å². The lowest BCUT2D eigenvalue weighted by Crippen LogP contribution is -2.16. The molecule has 2 aliphatic rings. The lowest BCUT2D eigenvalue weighted by Gasteiger charge is -2.32. The molecule has 0 N–H and O–H groups in total. The van der Waals surface area contributed by atoms with E-state index in [4.69, 9.17) is 19.4 Å². The number of fused-ring (bicyclic) bond motifs is 10. The van der Waals surface area contributed by atoms with Gasteiger partial charge < -0.3 is 4.42 Å². The number of benzene rings is 7. The summed E-state index contributed by atoms with van der Waals surface area (Å²) in [5.41, 5.74) is 11.9. The van der Waals surface area contributed by atoms with E-state index in [0.29, 0.717) is 29.3 Å². The second-order valence-electron chi connectivity index (χ2n) is 13.9. The molecule has 9 aromatic rings. The van der Waals surface area contributed by atoms with E-state index >= 15 is 0 Å². The smallest absolute Gasteiger partial charge is 0.164 e. The summed E-state index contributed by atoms with van der Waals surface area (Å²) in [5.74, 6) is 2.50. The number of hydrogen-bond acceptors (Lipinski definition) is 4. The van der Waals surface area contributed by atoms with Crippen LogP contribution in [0.4, 0.5) is 0 Å². The Balaban J connectivity index is 1.08. The molecule has 53 heavy (non-hydrogen) atoms. The number of nitrogens with zero attached hydrogens (tertiary/aromatic N) is 3. The Morgan fingerprint density at radius 3 is 1.83 bits per heavy atom. The molecule has 1 unspecified atom stereocenters. The zero-order chi connectivity index (χ0) is 34.9. The first-order valence-electron chi connectivity index (χ1n) is 18.1. The molecule has 0 bridgehead atoms. The molecule has 4 nitrogen and oxygen atoms in total. The van der Waals surface area contributed by atoms with Crippen molar-refractivity contribution in [2.75, 3.05) is 0 Å². The van der Waals surface area contributed by atoms with Gasteiger partial charge >= 0.3 is 0 Å². The summed E-state index contributed by atoms with van der Waals surface area (Å²) in [6, 6.07) is 53.0. The van der Waals surface area contributed by atoms with Crippen molar-refractivity contribution in [2.45, 2.75) is 11.8 Å². The summed E-state index contributed by atoms with van der Waals surface area (Å²) in [6.45, 7) is 0. The maximum atomic E-state index is 6.66. The Kier molecular flexibility index (Phi) is 6.65. The zero-order valence-electron chi connectivity index (χ0n) is 28.6. The van der Waals surface area contributed by atoms with E-state index in [0.717, 1.165) is 60.5 Å². The van der Waals surface area contributed by atoms with Gasteiger partial charge in [0.2, 0.25) is 0 Å². The predicted molar refractivity (Wildman–Crippen MR) is 216 cm³/mol. The van der Waals surface area contributed by atoms with Gasteiger partial charge in [0.05, 0.1) is 0 Å². The molecule has 0 amide bonds. The average molecular weight is 678 g/mol. The molecule has 0 saturated heterocycles. The number of rotatable bonds is 4. The molecule has 2 aliphatic carbocycles. The molecule has 11 rings (SSSR count). The molecule has 2 heterocycles. The molecule has 0 saturated carbocycles. The third-order valence-electron chi connectivity index (χ3n) is 10.9. The van der Waals surface area contributed by atoms with Crippen molar-refractivity contribution in [3.8, 4) is 45.3 Å². The minimum absolute atomic E-state index is 0.290. The van der Waals surface area contributed by atoms with E-state index in [-0.39, 0.29) is 0 Å². The maximum absolute atomic E-state index is 6.66. The van der Waals surface area contributed by atoms with Crippen molar-refractivity contribution in [3.05, 3.63) is 186 Å². The molecule has 248 valence electrons. The predicted octanol–water partition coefficient (Wildman–Crippen LogP) is 12.5. The van der Waals surface area contributed by atoms with Crippen molar-refractivity contribution in [3.63, 3.8) is 0 Å². The third-order valence-corrected chi connectivity index (χ3v) is 10.9. The van der Waals surface area contributed by atoms with Crippen LogP contribution in [0, 0.1) is 0 Å². The van der Waals surface area contributed by atoms with Crippen LogP contribution in [0.15, 0.2) is 168 Å². The van der Waals surface area contributed by atoms with Crippen molar-refractivity contribution in [1.82, 2.24) is 15.0 Å². The van der Waals surface area contributed by atoms with Gasteiger partial charge in [0.25, 0.3) is 0 Å². The monoisotopic (exact) mass is 677 g/mol. The minimum Gasteiger partial charge on any atom is -0.456 e. The van der Waals surface area contributed by atoms with Gasteiger partial charge in [-0.25, -0.2) is 15.0 Å². The van der Waals surface area contributed by atoms with Crippen LogP contribution < -0.4 is 0 Å². The van der Waals surface area contributed by atoms with Crippen LogP contribution in [0.1, 0.15) is 34.1 Å². The number of hydrogen-bond donors (Lipinski definition) is 0. The molecule has 0 spiro atoms. The Bertz CT molecular complexity index is 2960. The highest BCUT2D eigenvalue weighted by atomic mass is 16.3. The van der Waals surface area contributed by atoms with Gasteiger partial charge in [-0.2, -0.15) is 0 Å². The molecule has 4 heteroatoms. The second kappa shape index (κ2) is 11.8. The van der Waals surface area contributed by atoms with Crippen molar-refractivity contribution in [1.29, 1.82) is 0 Å². The highest BCUT2D eigenvalue weighted by Gasteiger charge is 2.30. The lowest BCUT2D eigenvalue weighted by atomic mass is 9.72. The van der Waals surface area contributed by atoms with Crippen molar-refractivity contribution in [2.24, 2.45) is 0 Å². The highest BCUT2D eigenvalue weighted by molar-refractivity contribution is 6.22. The third kappa shape index (κ3) is 4.87. The fourth-order valence-electron chi connectivity index (χ4n) is 8.35. The van der Waals surface area contributed by atoms with Crippen LogP contribution >= 0.6 is 0 Å². The fraction of sp³-hybridized carbons (Fsp3) is 0.0408. The summed E-state index contributed by atoms with van der Waals surface area (Å²) in [5, 5.41) is 4.35. The topological polar surface area (TPSA) is 51.8 Å². The molecule has 0 fully saturated rings. The fourth-order valence-corrected chi connectivity index (χ4v) is 8.35. The normalized spacial score (nSPS) is 15.8. The van der Waals surface area contributed by atoms with E-state index in [1.807, 2.05) is 24.3 Å². The summed E-state index contributed by atoms with van der Waals surface area (Å²) >= 11 is 0. The molecule has 0 aliphatic heterocycles. The molecule has 0 radical (unpaired) electrons. The summed E-state index contributed by atoms with van der Waals surface area (Å²) in [6.07, 6.45) is 9.24. The summed E-state index contributed by atoms with van der Waals surface area (Å²) < 4.78 is 6.66. The standard InChI is InChI=1S/C49H31N3O/c1-3-11-30(12-4-1)33-20-26-42-44(28-33)53-45-29-43(38-17-9-10-18-41(38)46(42)45)49-51-47(32-14-5-2-6-15-32)50-48(52-49)35-22-23-37-34(27-35)21-25-39-36-16-8-7-13-31(36)19-24-40(37)39/h1-29,39-40H/t39-,40?/m1/s1. The first kappa shape index (κ1) is 29.8. The molecular formula is C49H31N3O. The zero-order valence-corrected chi connectivity index (χ0v) is 28.6. The van der Waals surface area contributed by atoms with Gasteiger partial charge in [0, 0.05) is 39.3 Å². The number of allylic oxidation sites excluding steroid dienone is 2. The Labute approximate surface area is 306 Å². The maximum Gasteiger partial charge on any atom is 0.164 e. The van der Waals surface area contributed by atoms with Gasteiger partial charge in [-0.15, -0.1) is 0 Å². The van der Waals surface area contributed by atoms with Crippen LogP contribution in [0.2, 0.25) is 0 Å². The van der Waals surface area contributed by atoms with E-state index in [1.54, 1.807) is 0 Å². The van der Waals surface area contributed by atoms with E-state index in [1.165, 1.54) is 22.3 Å². The lowest BCUT2D eigenvalue weighted by molar-refractivity contribution is 0.669. The summed E-state index contributed by atoms with van der Waals surface area (Å²) in [4.78, 5) is 15.5. The molecule has 2 aromatic heterocycles. The minimum atomic E-state index is 0.290. The van der Waals surface area contributed by atoms with Crippen LogP contribution in [-0.2, 0) is 0 Å². The van der Waals surface area contributed by atoms with Crippen LogP contribution in [0.5, 0.6) is 0 Å². The second-order valence-corrected chi connectivity index (χ2v) is 13.9. The van der Waals surface area contributed by atoms with Crippen molar-refractivity contribution < 1.29 is 4.42 Å². The van der Waals surface area contributed by atoms with Crippen LogP contribution in [0.3, 0.4) is 0 Å². The Hall–Kier alpha value is -6.91. The Morgan fingerprint density at radius 1 is 0.396 bits per heavy atom. The molecular weight excluding hydrogens is 647 g/mol. The van der Waals surface area contributed by atoms with E-state index < -0.39 is 0 Å². The number of furan rings is 1. The first-order chi connectivity index (χ1) is 26.2. The summed E-state index contributed by atoms with van der Waals surface area (Å²) in [7, 11) is 0. The molecule has 2 atom stereocenters. The van der Waals surface area contributed by atoms with Gasteiger partial charge in [-0.3, -0.25) is 0 Å².